The Morgan fingerprint density at radius 2 is 1.83 bits per heavy atom. The molecule has 0 heterocycles. The molecule has 2 rings (SSSR count). The van der Waals surface area contributed by atoms with Crippen molar-refractivity contribution in [2.24, 2.45) is 0 Å². The third-order valence-electron chi connectivity index (χ3n) is 3.51. The summed E-state index contributed by atoms with van der Waals surface area (Å²) >= 11 is 0. The Bertz CT molecular complexity index is 715. The van der Waals surface area contributed by atoms with Crippen molar-refractivity contribution in [2.75, 3.05) is 14.2 Å². The van der Waals surface area contributed by atoms with E-state index in [0.29, 0.717) is 23.5 Å². The molecule has 0 aliphatic carbocycles. The highest BCUT2D eigenvalue weighted by molar-refractivity contribution is 6.06. The zero-order valence-electron chi connectivity index (χ0n) is 13.4. The van der Waals surface area contributed by atoms with E-state index in [9.17, 15) is 4.79 Å². The summed E-state index contributed by atoms with van der Waals surface area (Å²) < 4.78 is 10.8. The molecule has 0 aromatic heterocycles. The molecule has 3 heteroatoms. The second kappa shape index (κ2) is 7.99. The molecule has 0 aliphatic heterocycles. The van der Waals surface area contributed by atoms with Crippen molar-refractivity contribution in [1.29, 1.82) is 0 Å². The maximum atomic E-state index is 12.2. The van der Waals surface area contributed by atoms with Crippen LogP contribution in [0.5, 0.6) is 11.5 Å². The monoisotopic (exact) mass is 308 g/mol. The number of allylic oxidation sites excluding steroid dienone is 2. The van der Waals surface area contributed by atoms with E-state index in [1.165, 1.54) is 0 Å². The van der Waals surface area contributed by atoms with Gasteiger partial charge in [0.2, 0.25) is 0 Å². The van der Waals surface area contributed by atoms with Crippen LogP contribution in [0.15, 0.2) is 61.2 Å². The molecule has 0 radical (unpaired) electrons. The van der Waals surface area contributed by atoms with Gasteiger partial charge in [-0.2, -0.15) is 0 Å². The number of carbonyl (C=O) groups is 1. The largest absolute Gasteiger partial charge is 0.493 e. The summed E-state index contributed by atoms with van der Waals surface area (Å²) in [4.78, 5) is 12.2. The quantitative estimate of drug-likeness (QED) is 0.434. The van der Waals surface area contributed by atoms with Crippen LogP contribution in [0, 0.1) is 0 Å². The predicted molar refractivity (Wildman–Crippen MR) is 93.3 cm³/mol. The molecule has 3 nitrogen and oxygen atoms in total. The molecular weight excluding hydrogens is 288 g/mol. The minimum atomic E-state index is -0.0371. The summed E-state index contributed by atoms with van der Waals surface area (Å²) in [6.45, 7) is 3.78. The van der Waals surface area contributed by atoms with Gasteiger partial charge in [0.1, 0.15) is 0 Å². The Labute approximate surface area is 136 Å². The summed E-state index contributed by atoms with van der Waals surface area (Å²) in [7, 11) is 3.21. The van der Waals surface area contributed by atoms with Crippen molar-refractivity contribution in [3.63, 3.8) is 0 Å². The topological polar surface area (TPSA) is 35.5 Å². The van der Waals surface area contributed by atoms with Gasteiger partial charge in [-0.25, -0.2) is 0 Å². The second-order valence-electron chi connectivity index (χ2n) is 4.93. The van der Waals surface area contributed by atoms with Crippen LogP contribution >= 0.6 is 0 Å². The molecule has 0 atom stereocenters. The third-order valence-corrected chi connectivity index (χ3v) is 3.51. The van der Waals surface area contributed by atoms with Crippen molar-refractivity contribution in [3.8, 4) is 11.5 Å². The van der Waals surface area contributed by atoms with Gasteiger partial charge >= 0.3 is 0 Å². The van der Waals surface area contributed by atoms with E-state index in [0.717, 1.165) is 11.1 Å². The molecular formula is C20H20O3. The van der Waals surface area contributed by atoms with Crippen molar-refractivity contribution in [2.45, 2.75) is 6.42 Å². The molecule has 0 saturated heterocycles. The summed E-state index contributed by atoms with van der Waals surface area (Å²) in [5.41, 5.74) is 2.51. The number of hydrogen-bond donors (Lipinski definition) is 0. The van der Waals surface area contributed by atoms with E-state index in [1.807, 2.05) is 30.3 Å². The minimum absolute atomic E-state index is 0.0371. The fraction of sp³-hybridized carbons (Fsp3) is 0.150. The Kier molecular flexibility index (Phi) is 5.75. The summed E-state index contributed by atoms with van der Waals surface area (Å²) in [6, 6.07) is 12.9. The lowest BCUT2D eigenvalue weighted by Gasteiger charge is -2.14. The third kappa shape index (κ3) is 3.89. The number of hydrogen-bond acceptors (Lipinski definition) is 3. The molecule has 23 heavy (non-hydrogen) atoms. The van der Waals surface area contributed by atoms with E-state index in [1.54, 1.807) is 44.6 Å². The molecule has 0 N–H and O–H groups in total. The number of methoxy groups -OCH3 is 2. The van der Waals surface area contributed by atoms with Gasteiger partial charge < -0.3 is 9.47 Å². The first-order valence-electron chi connectivity index (χ1n) is 7.33. The molecule has 0 bridgehead atoms. The van der Waals surface area contributed by atoms with Crippen LogP contribution in [-0.2, 0) is 6.42 Å². The molecule has 2 aromatic rings. The lowest BCUT2D eigenvalue weighted by atomic mass is 10.0. The standard InChI is InChI=1S/C20H20O3/c1-4-8-17-15(12-14-19(22-2)20(17)23-3)11-13-18(21)16-9-6-5-7-10-16/h4-7,9-14H,1,8H2,2-3H3/b13-11+. The minimum Gasteiger partial charge on any atom is -0.493 e. The number of rotatable bonds is 7. The molecule has 0 fully saturated rings. The summed E-state index contributed by atoms with van der Waals surface area (Å²) in [5, 5.41) is 0. The van der Waals surface area contributed by atoms with Crippen molar-refractivity contribution in [1.82, 2.24) is 0 Å². The zero-order valence-corrected chi connectivity index (χ0v) is 13.4. The van der Waals surface area contributed by atoms with E-state index >= 15 is 0 Å². The van der Waals surface area contributed by atoms with Gasteiger partial charge in [0.05, 0.1) is 14.2 Å². The predicted octanol–water partition coefficient (Wildman–Crippen LogP) is 4.33. The number of carbonyl (C=O) groups excluding carboxylic acids is 1. The Balaban J connectivity index is 2.37. The fourth-order valence-corrected chi connectivity index (χ4v) is 2.38. The highest BCUT2D eigenvalue weighted by Gasteiger charge is 2.12. The first-order valence-corrected chi connectivity index (χ1v) is 7.33. The summed E-state index contributed by atoms with van der Waals surface area (Å²) in [5.74, 6) is 1.29. The fourth-order valence-electron chi connectivity index (χ4n) is 2.38. The Morgan fingerprint density at radius 3 is 2.43 bits per heavy atom. The van der Waals surface area contributed by atoms with Gasteiger partial charge in [-0.05, 0) is 24.1 Å². The highest BCUT2D eigenvalue weighted by Crippen LogP contribution is 2.34. The van der Waals surface area contributed by atoms with Crippen LogP contribution < -0.4 is 9.47 Å². The molecule has 0 spiro atoms. The number of ether oxygens (including phenoxy) is 2. The SMILES string of the molecule is C=CCc1c(/C=C/C(=O)c2ccccc2)ccc(OC)c1OC. The summed E-state index contributed by atoms with van der Waals surface area (Å²) in [6.07, 6.45) is 5.80. The normalized spacial score (nSPS) is 10.5. The van der Waals surface area contributed by atoms with Crippen LogP contribution in [0.3, 0.4) is 0 Å². The van der Waals surface area contributed by atoms with Gasteiger partial charge in [0, 0.05) is 11.1 Å². The molecule has 0 aliphatic rings. The van der Waals surface area contributed by atoms with Crippen LogP contribution in [0.2, 0.25) is 0 Å². The maximum absolute atomic E-state index is 12.2. The van der Waals surface area contributed by atoms with Crippen molar-refractivity contribution >= 4 is 11.9 Å². The van der Waals surface area contributed by atoms with Gasteiger partial charge in [-0.1, -0.05) is 48.6 Å². The van der Waals surface area contributed by atoms with Crippen LogP contribution in [0.1, 0.15) is 21.5 Å². The first kappa shape index (κ1) is 16.6. The molecule has 118 valence electrons. The highest BCUT2D eigenvalue weighted by atomic mass is 16.5. The van der Waals surface area contributed by atoms with E-state index in [-0.39, 0.29) is 5.78 Å². The van der Waals surface area contributed by atoms with E-state index in [4.69, 9.17) is 9.47 Å². The van der Waals surface area contributed by atoms with Crippen LogP contribution in [-0.4, -0.2) is 20.0 Å². The molecule has 2 aromatic carbocycles. The van der Waals surface area contributed by atoms with Gasteiger partial charge in [0.25, 0.3) is 0 Å². The number of ketones is 1. The second-order valence-corrected chi connectivity index (χ2v) is 4.93. The average molecular weight is 308 g/mol. The van der Waals surface area contributed by atoms with Gasteiger partial charge in [-0.3, -0.25) is 4.79 Å². The first-order chi connectivity index (χ1) is 11.2. The smallest absolute Gasteiger partial charge is 0.185 e. The Morgan fingerprint density at radius 1 is 1.09 bits per heavy atom. The van der Waals surface area contributed by atoms with Crippen molar-refractivity contribution < 1.29 is 14.3 Å². The van der Waals surface area contributed by atoms with Crippen LogP contribution in [0.4, 0.5) is 0 Å². The van der Waals surface area contributed by atoms with Crippen molar-refractivity contribution in [3.05, 3.63) is 77.9 Å². The Hall–Kier alpha value is -2.81. The zero-order chi connectivity index (χ0) is 16.7. The molecule has 0 saturated carbocycles. The van der Waals surface area contributed by atoms with E-state index in [2.05, 4.69) is 6.58 Å². The molecule has 0 amide bonds. The van der Waals surface area contributed by atoms with E-state index < -0.39 is 0 Å². The maximum Gasteiger partial charge on any atom is 0.185 e. The molecule has 0 unspecified atom stereocenters. The van der Waals surface area contributed by atoms with Gasteiger partial charge in [0.15, 0.2) is 17.3 Å². The number of benzene rings is 2. The average Bonchev–Trinajstić information content (AvgIpc) is 2.60. The van der Waals surface area contributed by atoms with Crippen LogP contribution in [0.25, 0.3) is 6.08 Å². The van der Waals surface area contributed by atoms with Gasteiger partial charge in [-0.15, -0.1) is 6.58 Å². The lowest BCUT2D eigenvalue weighted by Crippen LogP contribution is -1.99. The lowest BCUT2D eigenvalue weighted by molar-refractivity contribution is 0.104.